The first-order valence-electron chi connectivity index (χ1n) is 7.77. The van der Waals surface area contributed by atoms with Gasteiger partial charge in [-0.3, -0.25) is 0 Å². The lowest BCUT2D eigenvalue weighted by Crippen LogP contribution is -2.33. The molecule has 0 aliphatic carbocycles. The predicted octanol–water partition coefficient (Wildman–Crippen LogP) is 4.40. The molecule has 2 rings (SSSR count). The molecule has 4 nitrogen and oxygen atoms in total. The van der Waals surface area contributed by atoms with E-state index in [1.54, 1.807) is 13.0 Å². The molecule has 0 aliphatic rings. The zero-order valence-corrected chi connectivity index (χ0v) is 14.1. The van der Waals surface area contributed by atoms with E-state index in [1.165, 1.54) is 0 Å². The van der Waals surface area contributed by atoms with Crippen LogP contribution in [0.15, 0.2) is 6.07 Å². The fourth-order valence-corrected chi connectivity index (χ4v) is 2.62. The summed E-state index contributed by atoms with van der Waals surface area (Å²) in [7, 11) is 0. The quantitative estimate of drug-likeness (QED) is 0.884. The van der Waals surface area contributed by atoms with Gasteiger partial charge in [0.2, 0.25) is 5.82 Å². The molecule has 0 fully saturated rings. The number of rotatable bonds is 5. The molecule has 0 aromatic carbocycles. The number of nitrogens with zero attached hydrogens (tertiary/aromatic N) is 3. The molecule has 2 aromatic rings. The van der Waals surface area contributed by atoms with Crippen molar-refractivity contribution >= 4 is 16.9 Å². The average molecular weight is 328 g/mol. The summed E-state index contributed by atoms with van der Waals surface area (Å²) in [4.78, 5) is 12.3. The number of fused-ring (bicyclic) bond motifs is 1. The highest BCUT2D eigenvalue weighted by molar-refractivity contribution is 5.88. The first-order valence-corrected chi connectivity index (χ1v) is 7.77. The first kappa shape index (κ1) is 17.6. The van der Waals surface area contributed by atoms with E-state index in [2.05, 4.69) is 15.0 Å². The lowest BCUT2D eigenvalue weighted by molar-refractivity contribution is -0.144. The zero-order valence-electron chi connectivity index (χ0n) is 14.1. The number of aromatic amines is 1. The van der Waals surface area contributed by atoms with Crippen LogP contribution in [0.25, 0.3) is 11.0 Å². The third kappa shape index (κ3) is 4.14. The Kier molecular flexibility index (Phi) is 4.87. The predicted molar refractivity (Wildman–Crippen MR) is 85.5 cm³/mol. The number of hydrogen-bond donors (Lipinski definition) is 1. The second-order valence-electron chi connectivity index (χ2n) is 6.78. The SMILES string of the molecule is Cc1cc2c(N(CC(C)C)CC(C)C)nc(C(F)(F)F)nc2[nH]1. The Morgan fingerprint density at radius 3 is 2.13 bits per heavy atom. The number of anilines is 1. The normalized spacial score (nSPS) is 12.6. The molecule has 1 N–H and O–H groups in total. The van der Waals surface area contributed by atoms with Crippen LogP contribution in [0.1, 0.15) is 39.2 Å². The van der Waals surface area contributed by atoms with Crippen LogP contribution in [0, 0.1) is 18.8 Å². The summed E-state index contributed by atoms with van der Waals surface area (Å²) in [6, 6.07) is 1.80. The van der Waals surface area contributed by atoms with Gasteiger partial charge in [-0.15, -0.1) is 0 Å². The van der Waals surface area contributed by atoms with E-state index in [0.29, 0.717) is 36.1 Å². The van der Waals surface area contributed by atoms with Gasteiger partial charge in [-0.1, -0.05) is 27.7 Å². The van der Waals surface area contributed by atoms with Gasteiger partial charge in [0.05, 0.1) is 5.39 Å². The molecule has 0 saturated heterocycles. The summed E-state index contributed by atoms with van der Waals surface area (Å²) in [6.45, 7) is 11.3. The lowest BCUT2D eigenvalue weighted by Gasteiger charge is -2.28. The van der Waals surface area contributed by atoms with E-state index in [-0.39, 0.29) is 5.65 Å². The lowest BCUT2D eigenvalue weighted by atomic mass is 10.1. The maximum absolute atomic E-state index is 13.1. The van der Waals surface area contributed by atoms with E-state index >= 15 is 0 Å². The van der Waals surface area contributed by atoms with E-state index in [9.17, 15) is 13.2 Å². The van der Waals surface area contributed by atoms with Crippen molar-refractivity contribution in [1.29, 1.82) is 0 Å². The van der Waals surface area contributed by atoms with Crippen LogP contribution in [0.5, 0.6) is 0 Å². The molecule has 0 radical (unpaired) electrons. The van der Waals surface area contributed by atoms with Gasteiger partial charge in [0.15, 0.2) is 0 Å². The van der Waals surface area contributed by atoms with Crippen molar-refractivity contribution in [3.8, 4) is 0 Å². The van der Waals surface area contributed by atoms with Crippen molar-refractivity contribution < 1.29 is 13.2 Å². The van der Waals surface area contributed by atoms with Crippen molar-refractivity contribution in [2.24, 2.45) is 11.8 Å². The number of halogens is 3. The van der Waals surface area contributed by atoms with E-state index in [0.717, 1.165) is 5.69 Å². The highest BCUT2D eigenvalue weighted by atomic mass is 19.4. The van der Waals surface area contributed by atoms with Gasteiger partial charge < -0.3 is 9.88 Å². The number of aromatic nitrogens is 3. The van der Waals surface area contributed by atoms with Crippen LogP contribution in [-0.2, 0) is 6.18 Å². The summed E-state index contributed by atoms with van der Waals surface area (Å²) in [5.74, 6) is -0.116. The van der Waals surface area contributed by atoms with E-state index < -0.39 is 12.0 Å². The Bertz CT molecular complexity index is 664. The van der Waals surface area contributed by atoms with Crippen molar-refractivity contribution in [1.82, 2.24) is 15.0 Å². The molecule has 0 amide bonds. The molecule has 0 unspecified atom stereocenters. The minimum Gasteiger partial charge on any atom is -0.355 e. The Labute approximate surface area is 134 Å². The minimum atomic E-state index is -4.57. The molecule has 128 valence electrons. The highest BCUT2D eigenvalue weighted by Gasteiger charge is 2.36. The minimum absolute atomic E-state index is 0.234. The molecule has 2 heterocycles. The Morgan fingerprint density at radius 1 is 1.09 bits per heavy atom. The molecular formula is C16H23F3N4. The fraction of sp³-hybridized carbons (Fsp3) is 0.625. The molecule has 23 heavy (non-hydrogen) atoms. The van der Waals surface area contributed by atoms with Gasteiger partial charge >= 0.3 is 6.18 Å². The van der Waals surface area contributed by atoms with Crippen LogP contribution in [0.2, 0.25) is 0 Å². The number of alkyl halides is 3. The standard InChI is InChI=1S/C16H23F3N4/c1-9(2)7-23(8-10(3)4)14-12-6-11(5)20-13(12)21-15(22-14)16(17,18)19/h6,9-10H,7-8H2,1-5H3,(H,20,21,22). The summed E-state index contributed by atoms with van der Waals surface area (Å²) in [5.41, 5.74) is 1.00. The molecule has 0 saturated carbocycles. The maximum atomic E-state index is 13.1. The summed E-state index contributed by atoms with van der Waals surface area (Å²) < 4.78 is 39.4. The van der Waals surface area contributed by atoms with Crippen molar-refractivity contribution in [3.63, 3.8) is 0 Å². The molecular weight excluding hydrogens is 305 g/mol. The van der Waals surface area contributed by atoms with Gasteiger partial charge in [0.1, 0.15) is 11.5 Å². The van der Waals surface area contributed by atoms with Crippen molar-refractivity contribution in [3.05, 3.63) is 17.6 Å². The zero-order chi connectivity index (χ0) is 17.4. The molecule has 0 aliphatic heterocycles. The Hall–Kier alpha value is -1.79. The number of aryl methyl sites for hydroxylation is 1. The van der Waals surface area contributed by atoms with Gasteiger partial charge in [-0.2, -0.15) is 13.2 Å². The number of nitrogens with one attached hydrogen (secondary N) is 1. The molecule has 0 spiro atoms. The molecule has 2 aromatic heterocycles. The van der Waals surface area contributed by atoms with Gasteiger partial charge in [-0.25, -0.2) is 9.97 Å². The fourth-order valence-electron chi connectivity index (χ4n) is 2.62. The smallest absolute Gasteiger partial charge is 0.355 e. The van der Waals surface area contributed by atoms with Gasteiger partial charge in [0, 0.05) is 18.8 Å². The summed E-state index contributed by atoms with van der Waals surface area (Å²) >= 11 is 0. The summed E-state index contributed by atoms with van der Waals surface area (Å²) in [5, 5.41) is 0.636. The van der Waals surface area contributed by atoms with Crippen molar-refractivity contribution in [2.75, 3.05) is 18.0 Å². The Balaban J connectivity index is 2.62. The van der Waals surface area contributed by atoms with Crippen molar-refractivity contribution in [2.45, 2.75) is 40.8 Å². The van der Waals surface area contributed by atoms with Crippen LogP contribution in [-0.4, -0.2) is 28.0 Å². The number of hydrogen-bond acceptors (Lipinski definition) is 3. The van der Waals surface area contributed by atoms with Crippen LogP contribution in [0.4, 0.5) is 19.0 Å². The second-order valence-corrected chi connectivity index (χ2v) is 6.78. The topological polar surface area (TPSA) is 44.8 Å². The summed E-state index contributed by atoms with van der Waals surface area (Å²) in [6.07, 6.45) is -4.57. The largest absolute Gasteiger partial charge is 0.451 e. The number of H-pyrrole nitrogens is 1. The Morgan fingerprint density at radius 2 is 1.65 bits per heavy atom. The highest BCUT2D eigenvalue weighted by Crippen LogP contribution is 2.32. The van der Waals surface area contributed by atoms with E-state index in [1.807, 2.05) is 32.6 Å². The van der Waals surface area contributed by atoms with Gasteiger partial charge in [0.25, 0.3) is 0 Å². The first-order chi connectivity index (χ1) is 10.6. The van der Waals surface area contributed by atoms with Crippen LogP contribution in [0.3, 0.4) is 0 Å². The maximum Gasteiger partial charge on any atom is 0.451 e. The van der Waals surface area contributed by atoms with Crippen LogP contribution >= 0.6 is 0 Å². The monoisotopic (exact) mass is 328 g/mol. The van der Waals surface area contributed by atoms with Gasteiger partial charge in [-0.05, 0) is 24.8 Å². The molecule has 0 atom stereocenters. The third-order valence-corrected chi connectivity index (χ3v) is 3.33. The van der Waals surface area contributed by atoms with E-state index in [4.69, 9.17) is 0 Å². The second kappa shape index (κ2) is 6.37. The molecule has 7 heteroatoms. The average Bonchev–Trinajstić information content (AvgIpc) is 2.74. The van der Waals surface area contributed by atoms with Crippen LogP contribution < -0.4 is 4.90 Å². The molecule has 0 bridgehead atoms. The third-order valence-electron chi connectivity index (χ3n) is 3.33.